The molecule has 3 heterocycles. The van der Waals surface area contributed by atoms with Crippen molar-refractivity contribution in [3.8, 4) is 0 Å². The van der Waals surface area contributed by atoms with Gasteiger partial charge >= 0.3 is 5.97 Å². The Balaban J connectivity index is 1.71. The van der Waals surface area contributed by atoms with Gasteiger partial charge in [-0.15, -0.1) is 6.58 Å². The monoisotopic (exact) mass is 360 g/mol. The summed E-state index contributed by atoms with van der Waals surface area (Å²) in [5.41, 5.74) is 0. The number of aliphatic hydroxyl groups is 4. The maximum absolute atomic E-state index is 11.9. The van der Waals surface area contributed by atoms with Crippen LogP contribution in [0.1, 0.15) is 6.42 Å². The van der Waals surface area contributed by atoms with E-state index < -0.39 is 49.5 Å². The lowest BCUT2D eigenvalue weighted by molar-refractivity contribution is -0.352. The van der Waals surface area contributed by atoms with Gasteiger partial charge in [-0.2, -0.15) is 0 Å². The predicted molar refractivity (Wildman–Crippen MR) is 80.8 cm³/mol. The summed E-state index contributed by atoms with van der Waals surface area (Å²) >= 11 is 0. The molecule has 4 N–H and O–H groups in total. The number of rotatable bonds is 4. The first-order valence-corrected chi connectivity index (χ1v) is 8.34. The van der Waals surface area contributed by atoms with Crippen molar-refractivity contribution in [2.24, 2.45) is 17.8 Å². The molecule has 3 aliphatic rings. The molecule has 0 aliphatic carbocycles. The van der Waals surface area contributed by atoms with E-state index in [-0.39, 0.29) is 24.4 Å². The molecule has 0 saturated carbocycles. The van der Waals surface area contributed by atoms with Gasteiger partial charge in [0.1, 0.15) is 24.4 Å². The quantitative estimate of drug-likeness (QED) is 0.336. The largest absolute Gasteiger partial charge is 0.465 e. The molecule has 0 aromatic heterocycles. The molecular weight excluding hydrogens is 336 g/mol. The molecule has 3 aliphatic heterocycles. The summed E-state index contributed by atoms with van der Waals surface area (Å²) in [5.74, 6) is -1.11. The van der Waals surface area contributed by atoms with Crippen LogP contribution in [0.2, 0.25) is 0 Å². The molecule has 9 nitrogen and oxygen atoms in total. The number of fused-ring (bicyclic) bond motifs is 1. The lowest BCUT2D eigenvalue weighted by Crippen LogP contribution is -2.60. The summed E-state index contributed by atoms with van der Waals surface area (Å²) in [7, 11) is 0. The van der Waals surface area contributed by atoms with E-state index in [1.807, 2.05) is 0 Å². The molecule has 142 valence electrons. The maximum Gasteiger partial charge on any atom is 0.311 e. The highest BCUT2D eigenvalue weighted by atomic mass is 16.8. The Morgan fingerprint density at radius 3 is 2.64 bits per heavy atom. The van der Waals surface area contributed by atoms with Crippen LogP contribution in [0.5, 0.6) is 0 Å². The van der Waals surface area contributed by atoms with Gasteiger partial charge in [-0.05, 0) is 12.3 Å². The van der Waals surface area contributed by atoms with Crippen molar-refractivity contribution in [2.75, 3.05) is 19.8 Å². The maximum atomic E-state index is 11.9. The van der Waals surface area contributed by atoms with Crippen LogP contribution < -0.4 is 0 Å². The van der Waals surface area contributed by atoms with Crippen LogP contribution in [0.15, 0.2) is 12.7 Å². The average Bonchev–Trinajstić information content (AvgIpc) is 2.62. The summed E-state index contributed by atoms with van der Waals surface area (Å²) in [6.45, 7) is 3.66. The summed E-state index contributed by atoms with van der Waals surface area (Å²) in [4.78, 5) is 11.9. The van der Waals surface area contributed by atoms with Gasteiger partial charge < -0.3 is 39.4 Å². The lowest BCUT2D eigenvalue weighted by Gasteiger charge is -2.45. The highest BCUT2D eigenvalue weighted by Crippen LogP contribution is 2.39. The van der Waals surface area contributed by atoms with Gasteiger partial charge in [0.15, 0.2) is 12.6 Å². The summed E-state index contributed by atoms with van der Waals surface area (Å²) < 4.78 is 21.7. The highest BCUT2D eigenvalue weighted by Gasteiger charge is 2.49. The zero-order valence-electron chi connectivity index (χ0n) is 13.6. The molecule has 0 spiro atoms. The SMILES string of the molecule is C=CC1C(OC2OC(CO)C(O)C(O)C2O)OCC2C(=O)OCCC21. The third kappa shape index (κ3) is 3.45. The molecule has 9 unspecified atom stereocenters. The van der Waals surface area contributed by atoms with E-state index in [1.54, 1.807) is 6.08 Å². The van der Waals surface area contributed by atoms with Crippen LogP contribution in [0.4, 0.5) is 0 Å². The molecular formula is C16H24O9. The van der Waals surface area contributed by atoms with E-state index in [2.05, 4.69) is 6.58 Å². The second-order valence-corrected chi connectivity index (χ2v) is 6.57. The Morgan fingerprint density at radius 1 is 1.20 bits per heavy atom. The Hall–Kier alpha value is -1.07. The molecule has 9 atom stereocenters. The van der Waals surface area contributed by atoms with E-state index in [9.17, 15) is 25.2 Å². The average molecular weight is 360 g/mol. The minimum atomic E-state index is -1.53. The van der Waals surface area contributed by atoms with E-state index in [1.165, 1.54) is 0 Å². The molecule has 0 radical (unpaired) electrons. The van der Waals surface area contributed by atoms with Gasteiger partial charge in [0, 0.05) is 5.92 Å². The van der Waals surface area contributed by atoms with Crippen molar-refractivity contribution < 1.29 is 44.2 Å². The zero-order chi connectivity index (χ0) is 18.1. The molecule has 0 amide bonds. The number of aliphatic hydroxyl groups excluding tert-OH is 4. The van der Waals surface area contributed by atoms with Crippen molar-refractivity contribution in [3.63, 3.8) is 0 Å². The van der Waals surface area contributed by atoms with Crippen LogP contribution in [0.3, 0.4) is 0 Å². The molecule has 0 bridgehead atoms. The van der Waals surface area contributed by atoms with E-state index >= 15 is 0 Å². The summed E-state index contributed by atoms with van der Waals surface area (Å²) in [5, 5.41) is 39.0. The second kappa shape index (κ2) is 7.67. The molecule has 9 heteroatoms. The Morgan fingerprint density at radius 2 is 1.96 bits per heavy atom. The van der Waals surface area contributed by atoms with Crippen LogP contribution in [0, 0.1) is 17.8 Å². The number of carbonyl (C=O) groups excluding carboxylic acids is 1. The first kappa shape index (κ1) is 18.7. The van der Waals surface area contributed by atoms with Gasteiger partial charge in [-0.25, -0.2) is 0 Å². The van der Waals surface area contributed by atoms with E-state index in [0.29, 0.717) is 13.0 Å². The van der Waals surface area contributed by atoms with Crippen LogP contribution >= 0.6 is 0 Å². The summed E-state index contributed by atoms with van der Waals surface area (Å²) in [6.07, 6.45) is -5.43. The van der Waals surface area contributed by atoms with Gasteiger partial charge in [0.2, 0.25) is 0 Å². The summed E-state index contributed by atoms with van der Waals surface area (Å²) in [6, 6.07) is 0. The molecule has 0 aromatic rings. The normalized spacial score (nSPS) is 47.7. The Kier molecular flexibility index (Phi) is 5.74. The standard InChI is InChI=1S/C16H24O9/c1-2-7-8-3-4-22-14(21)9(8)6-23-15(7)25-16-13(20)12(19)11(18)10(5-17)24-16/h2,7-13,15-20H,1,3-6H2. The Labute approximate surface area is 144 Å². The van der Waals surface area contributed by atoms with Gasteiger partial charge in [0.25, 0.3) is 0 Å². The third-order valence-corrected chi connectivity index (χ3v) is 5.15. The smallest absolute Gasteiger partial charge is 0.311 e. The van der Waals surface area contributed by atoms with Crippen molar-refractivity contribution in [1.82, 2.24) is 0 Å². The molecule has 3 fully saturated rings. The van der Waals surface area contributed by atoms with Gasteiger partial charge in [-0.3, -0.25) is 4.79 Å². The minimum Gasteiger partial charge on any atom is -0.465 e. The number of hydrogen-bond acceptors (Lipinski definition) is 9. The number of hydrogen-bond donors (Lipinski definition) is 4. The first-order valence-electron chi connectivity index (χ1n) is 8.34. The minimum absolute atomic E-state index is 0.0672. The fraction of sp³-hybridized carbons (Fsp3) is 0.812. The zero-order valence-corrected chi connectivity index (χ0v) is 13.6. The Bertz CT molecular complexity index is 496. The van der Waals surface area contributed by atoms with Crippen LogP contribution in [-0.4, -0.2) is 83.2 Å². The molecule has 0 aromatic carbocycles. The van der Waals surface area contributed by atoms with Gasteiger partial charge in [-0.1, -0.05) is 6.08 Å². The third-order valence-electron chi connectivity index (χ3n) is 5.15. The van der Waals surface area contributed by atoms with E-state index in [0.717, 1.165) is 0 Å². The van der Waals surface area contributed by atoms with Crippen LogP contribution in [0.25, 0.3) is 0 Å². The van der Waals surface area contributed by atoms with Crippen molar-refractivity contribution in [3.05, 3.63) is 12.7 Å². The molecule has 3 saturated heterocycles. The van der Waals surface area contributed by atoms with Crippen molar-refractivity contribution >= 4 is 5.97 Å². The fourth-order valence-corrected chi connectivity index (χ4v) is 3.67. The molecule has 3 rings (SSSR count). The number of carbonyl (C=O) groups is 1. The number of ether oxygens (including phenoxy) is 4. The fourth-order valence-electron chi connectivity index (χ4n) is 3.67. The number of cyclic esters (lactones) is 1. The second-order valence-electron chi connectivity index (χ2n) is 6.57. The first-order chi connectivity index (χ1) is 12.0. The lowest BCUT2D eigenvalue weighted by atomic mass is 9.76. The number of esters is 1. The van der Waals surface area contributed by atoms with Gasteiger partial charge in [0.05, 0.1) is 25.7 Å². The topological polar surface area (TPSA) is 135 Å². The van der Waals surface area contributed by atoms with Crippen molar-refractivity contribution in [1.29, 1.82) is 0 Å². The van der Waals surface area contributed by atoms with Crippen LogP contribution in [-0.2, 0) is 23.7 Å². The van der Waals surface area contributed by atoms with Crippen molar-refractivity contribution in [2.45, 2.75) is 43.4 Å². The molecule has 25 heavy (non-hydrogen) atoms. The highest BCUT2D eigenvalue weighted by molar-refractivity contribution is 5.73. The van der Waals surface area contributed by atoms with E-state index in [4.69, 9.17) is 18.9 Å². The predicted octanol–water partition coefficient (Wildman–Crippen LogP) is -1.86.